The highest BCUT2D eigenvalue weighted by Gasteiger charge is 2.16. The number of non-ortho nitro benzene ring substituents is 1. The van der Waals surface area contributed by atoms with Crippen molar-refractivity contribution < 1.29 is 23.6 Å². The van der Waals surface area contributed by atoms with Gasteiger partial charge in [-0.15, -0.1) is 0 Å². The van der Waals surface area contributed by atoms with Gasteiger partial charge >= 0.3 is 0 Å². The van der Waals surface area contributed by atoms with Gasteiger partial charge in [0.05, 0.1) is 11.5 Å². The van der Waals surface area contributed by atoms with Crippen molar-refractivity contribution in [1.29, 1.82) is 5.26 Å². The summed E-state index contributed by atoms with van der Waals surface area (Å²) in [4.78, 5) is 23.1. The molecule has 0 saturated heterocycles. The number of nitriles is 1. The molecule has 0 atom stereocenters. The number of nitrogens with zero attached hydrogens (tertiary/aromatic N) is 2. The zero-order chi connectivity index (χ0) is 23.8. The smallest absolute Gasteiger partial charge is 0.270 e. The van der Waals surface area contributed by atoms with Crippen LogP contribution in [0.25, 0.3) is 6.08 Å². The number of rotatable bonds is 9. The molecule has 3 rings (SSSR count). The first-order chi connectivity index (χ1) is 15.9. The van der Waals surface area contributed by atoms with Crippen molar-refractivity contribution >= 4 is 17.5 Å². The fourth-order valence-corrected chi connectivity index (χ4v) is 2.98. The average molecular weight is 446 g/mol. The summed E-state index contributed by atoms with van der Waals surface area (Å²) in [5.74, 6) is -0.107. The normalized spacial score (nSPS) is 10.9. The largest absolute Gasteiger partial charge is 0.490 e. The second kappa shape index (κ2) is 10.7. The maximum Gasteiger partial charge on any atom is 0.270 e. The van der Waals surface area contributed by atoms with Crippen LogP contribution in [0.2, 0.25) is 0 Å². The van der Waals surface area contributed by atoms with E-state index in [4.69, 9.17) is 9.47 Å². The number of benzene rings is 3. The number of ketones is 1. The highest BCUT2D eigenvalue weighted by atomic mass is 19.1. The van der Waals surface area contributed by atoms with Gasteiger partial charge in [-0.3, -0.25) is 14.9 Å². The molecule has 0 N–H and O–H groups in total. The number of nitro benzene ring substituents is 1. The van der Waals surface area contributed by atoms with E-state index < -0.39 is 10.7 Å². The summed E-state index contributed by atoms with van der Waals surface area (Å²) < 4.78 is 24.5. The van der Waals surface area contributed by atoms with E-state index in [1.54, 1.807) is 37.3 Å². The predicted octanol–water partition coefficient (Wildman–Crippen LogP) is 5.50. The summed E-state index contributed by atoms with van der Waals surface area (Å²) in [6, 6.07) is 17.9. The molecular weight excluding hydrogens is 427 g/mol. The topological polar surface area (TPSA) is 102 Å². The van der Waals surface area contributed by atoms with Crippen LogP contribution in [0, 0.1) is 27.3 Å². The maximum atomic E-state index is 13.1. The van der Waals surface area contributed by atoms with Crippen molar-refractivity contribution in [2.45, 2.75) is 13.5 Å². The molecule has 166 valence electrons. The molecule has 0 spiro atoms. The quantitative estimate of drug-likeness (QED) is 0.141. The molecule has 0 heterocycles. The molecule has 7 nitrogen and oxygen atoms in total. The molecule has 33 heavy (non-hydrogen) atoms. The first-order valence-corrected chi connectivity index (χ1v) is 9.96. The monoisotopic (exact) mass is 446 g/mol. The van der Waals surface area contributed by atoms with E-state index in [9.17, 15) is 24.6 Å². The third-order valence-corrected chi connectivity index (χ3v) is 4.57. The van der Waals surface area contributed by atoms with Gasteiger partial charge in [-0.25, -0.2) is 4.39 Å². The number of Topliss-reactive ketones (excluding diaryl/α,β-unsaturated/α-hetero) is 1. The van der Waals surface area contributed by atoms with Crippen molar-refractivity contribution in [1.82, 2.24) is 0 Å². The number of hydrogen-bond donors (Lipinski definition) is 0. The Morgan fingerprint density at radius 1 is 1.09 bits per heavy atom. The minimum atomic E-state index is -0.629. The van der Waals surface area contributed by atoms with Crippen molar-refractivity contribution in [3.05, 3.63) is 105 Å². The summed E-state index contributed by atoms with van der Waals surface area (Å²) in [6.07, 6.45) is 1.38. The zero-order valence-electron chi connectivity index (χ0n) is 17.7. The Morgan fingerprint density at radius 3 is 2.52 bits per heavy atom. The summed E-state index contributed by atoms with van der Waals surface area (Å²) in [5, 5.41) is 20.5. The highest BCUT2D eigenvalue weighted by Crippen LogP contribution is 2.30. The molecule has 3 aromatic rings. The zero-order valence-corrected chi connectivity index (χ0v) is 17.7. The van der Waals surface area contributed by atoms with Crippen LogP contribution in [0.1, 0.15) is 28.4 Å². The number of hydrogen-bond acceptors (Lipinski definition) is 6. The van der Waals surface area contributed by atoms with E-state index in [0.29, 0.717) is 23.7 Å². The second-order valence-electron chi connectivity index (χ2n) is 6.86. The lowest BCUT2D eigenvalue weighted by Crippen LogP contribution is -2.03. The van der Waals surface area contributed by atoms with Gasteiger partial charge in [0.25, 0.3) is 5.69 Å². The van der Waals surface area contributed by atoms with Crippen LogP contribution in [0.4, 0.5) is 10.1 Å². The first kappa shape index (κ1) is 23.2. The van der Waals surface area contributed by atoms with Crippen molar-refractivity contribution in [2.24, 2.45) is 0 Å². The number of ether oxygens (including phenoxy) is 2. The van der Waals surface area contributed by atoms with Crippen LogP contribution in [0.3, 0.4) is 0 Å². The van der Waals surface area contributed by atoms with E-state index in [0.717, 1.165) is 11.6 Å². The van der Waals surface area contributed by atoms with Gasteiger partial charge in [-0.2, -0.15) is 5.26 Å². The SMILES string of the molecule is CCOc1cc(/C=C(\C#N)C(=O)c2cccc([N+](=O)[O-])c2)ccc1OCc1ccc(F)cc1. The molecule has 0 radical (unpaired) electrons. The Labute approximate surface area is 189 Å². The molecule has 3 aromatic carbocycles. The number of carbonyl (C=O) groups is 1. The molecule has 0 aromatic heterocycles. The minimum absolute atomic E-state index is 0.0429. The van der Waals surface area contributed by atoms with Crippen molar-refractivity contribution in [3.63, 3.8) is 0 Å². The maximum absolute atomic E-state index is 13.1. The van der Waals surface area contributed by atoms with Crippen LogP contribution in [-0.4, -0.2) is 17.3 Å². The van der Waals surface area contributed by atoms with E-state index in [1.165, 1.54) is 36.4 Å². The van der Waals surface area contributed by atoms with E-state index >= 15 is 0 Å². The summed E-state index contributed by atoms with van der Waals surface area (Å²) in [5.41, 5.74) is 0.915. The predicted molar refractivity (Wildman–Crippen MR) is 119 cm³/mol. The number of carbonyl (C=O) groups excluding carboxylic acids is 1. The Kier molecular flexibility index (Phi) is 7.50. The van der Waals surface area contributed by atoms with Crippen LogP contribution >= 0.6 is 0 Å². The Morgan fingerprint density at radius 2 is 1.85 bits per heavy atom. The fourth-order valence-electron chi connectivity index (χ4n) is 2.98. The molecular formula is C25H19FN2O5. The summed E-state index contributed by atoms with van der Waals surface area (Å²) in [6.45, 7) is 2.36. The van der Waals surface area contributed by atoms with Gasteiger partial charge < -0.3 is 9.47 Å². The lowest BCUT2D eigenvalue weighted by molar-refractivity contribution is -0.384. The van der Waals surface area contributed by atoms with Crippen molar-refractivity contribution in [2.75, 3.05) is 6.61 Å². The molecule has 0 saturated carbocycles. The highest BCUT2D eigenvalue weighted by molar-refractivity contribution is 6.14. The third-order valence-electron chi connectivity index (χ3n) is 4.57. The first-order valence-electron chi connectivity index (χ1n) is 9.96. The Balaban J connectivity index is 1.85. The Hall–Kier alpha value is -4.51. The van der Waals surface area contributed by atoms with Crippen molar-refractivity contribution in [3.8, 4) is 17.6 Å². The summed E-state index contributed by atoms with van der Waals surface area (Å²) in [7, 11) is 0. The molecule has 0 fully saturated rings. The van der Waals surface area contributed by atoms with E-state index in [-0.39, 0.29) is 29.2 Å². The van der Waals surface area contributed by atoms with Gasteiger partial charge in [0, 0.05) is 17.7 Å². The number of halogens is 1. The van der Waals surface area contributed by atoms with Crippen LogP contribution < -0.4 is 9.47 Å². The Bertz CT molecular complexity index is 1250. The fraction of sp³-hybridized carbons (Fsp3) is 0.120. The minimum Gasteiger partial charge on any atom is -0.490 e. The van der Waals surface area contributed by atoms with Gasteiger partial charge in [0.2, 0.25) is 5.78 Å². The van der Waals surface area contributed by atoms with Crippen LogP contribution in [0.5, 0.6) is 11.5 Å². The molecule has 0 amide bonds. The molecule has 0 unspecified atom stereocenters. The van der Waals surface area contributed by atoms with Gasteiger partial charge in [0.15, 0.2) is 11.5 Å². The van der Waals surface area contributed by atoms with Gasteiger partial charge in [0.1, 0.15) is 24.1 Å². The van der Waals surface area contributed by atoms with Gasteiger partial charge in [-0.1, -0.05) is 30.3 Å². The molecule has 0 aliphatic rings. The molecule has 0 bridgehead atoms. The van der Waals surface area contributed by atoms with E-state index in [1.807, 2.05) is 6.07 Å². The number of allylic oxidation sites excluding steroid dienone is 1. The average Bonchev–Trinajstić information content (AvgIpc) is 2.83. The van der Waals surface area contributed by atoms with Crippen LogP contribution in [0.15, 0.2) is 72.3 Å². The van der Waals surface area contributed by atoms with Gasteiger partial charge in [-0.05, 0) is 48.4 Å². The third kappa shape index (κ3) is 6.02. The molecule has 0 aliphatic heterocycles. The lowest BCUT2D eigenvalue weighted by Gasteiger charge is -2.13. The standard InChI is InChI=1S/C25H19FN2O5/c1-2-32-24-13-18(8-11-23(24)33-16-17-6-9-21(26)10-7-17)12-20(15-27)25(29)19-4-3-5-22(14-19)28(30)31/h3-14H,2,16H2,1H3/b20-12+. The van der Waals surface area contributed by atoms with E-state index in [2.05, 4.69) is 0 Å². The molecule has 8 heteroatoms. The molecule has 0 aliphatic carbocycles. The second-order valence-corrected chi connectivity index (χ2v) is 6.86. The lowest BCUT2D eigenvalue weighted by atomic mass is 10.0. The summed E-state index contributed by atoms with van der Waals surface area (Å²) >= 11 is 0. The number of nitro groups is 1. The van der Waals surface area contributed by atoms with Crippen LogP contribution in [-0.2, 0) is 6.61 Å².